The van der Waals surface area contributed by atoms with Crippen LogP contribution in [0.1, 0.15) is 37.0 Å². The number of aromatic nitrogens is 1. The molecule has 1 aliphatic rings. The normalized spacial score (nSPS) is 17.4. The molecule has 0 radical (unpaired) electrons. The van der Waals surface area contributed by atoms with Crippen molar-refractivity contribution >= 4 is 17.4 Å². The van der Waals surface area contributed by atoms with Crippen LogP contribution in [0.3, 0.4) is 0 Å². The number of carbonyl (C=O) groups is 1. The predicted octanol–water partition coefficient (Wildman–Crippen LogP) is 0.849. The second kappa shape index (κ2) is 6.09. The smallest absolute Gasteiger partial charge is 0.253 e. The van der Waals surface area contributed by atoms with Crippen LogP contribution < -0.4 is 16.8 Å². The van der Waals surface area contributed by atoms with Crippen LogP contribution in [0.4, 0.5) is 11.5 Å². The fourth-order valence-electron chi connectivity index (χ4n) is 2.51. The summed E-state index contributed by atoms with van der Waals surface area (Å²) in [7, 11) is 0. The van der Waals surface area contributed by atoms with Gasteiger partial charge in [0.25, 0.3) is 5.91 Å². The molecule has 1 aromatic heterocycles. The van der Waals surface area contributed by atoms with Gasteiger partial charge in [-0.05, 0) is 32.8 Å². The van der Waals surface area contributed by atoms with E-state index in [0.29, 0.717) is 11.6 Å². The third-order valence-corrected chi connectivity index (χ3v) is 3.86. The van der Waals surface area contributed by atoms with E-state index >= 15 is 0 Å². The van der Waals surface area contributed by atoms with Crippen molar-refractivity contribution in [2.45, 2.75) is 38.8 Å². The summed E-state index contributed by atoms with van der Waals surface area (Å²) in [6.45, 7) is 6.41. The van der Waals surface area contributed by atoms with Crippen molar-refractivity contribution in [2.24, 2.45) is 0 Å². The van der Waals surface area contributed by atoms with E-state index in [1.165, 1.54) is 6.20 Å². The molecule has 0 bridgehead atoms. The van der Waals surface area contributed by atoms with Gasteiger partial charge in [-0.15, -0.1) is 0 Å². The summed E-state index contributed by atoms with van der Waals surface area (Å²) < 4.78 is 0. The average Bonchev–Trinajstić information content (AvgIpc) is 2.42. The zero-order valence-electron chi connectivity index (χ0n) is 12.1. The quantitative estimate of drug-likeness (QED) is 0.761. The SMILES string of the molecule is CC(C)N1CCC(NC(=O)c2ccnc(N)c2N)CC1. The van der Waals surface area contributed by atoms with E-state index in [1.54, 1.807) is 6.07 Å². The lowest BCUT2D eigenvalue weighted by Crippen LogP contribution is -2.46. The van der Waals surface area contributed by atoms with Crippen LogP contribution in [-0.2, 0) is 0 Å². The topological polar surface area (TPSA) is 97.3 Å². The van der Waals surface area contributed by atoms with Crippen LogP contribution in [0.5, 0.6) is 0 Å². The highest BCUT2D eigenvalue weighted by Crippen LogP contribution is 2.18. The molecule has 6 nitrogen and oxygen atoms in total. The largest absolute Gasteiger partial charge is 0.395 e. The Morgan fingerprint density at radius 3 is 2.65 bits per heavy atom. The van der Waals surface area contributed by atoms with Crippen LogP contribution in [0.2, 0.25) is 0 Å². The van der Waals surface area contributed by atoms with Crippen molar-refractivity contribution in [3.63, 3.8) is 0 Å². The summed E-state index contributed by atoms with van der Waals surface area (Å²) in [6.07, 6.45) is 3.43. The average molecular weight is 277 g/mol. The first-order valence-corrected chi connectivity index (χ1v) is 7.04. The van der Waals surface area contributed by atoms with Gasteiger partial charge in [-0.2, -0.15) is 0 Å². The van der Waals surface area contributed by atoms with Gasteiger partial charge >= 0.3 is 0 Å². The zero-order chi connectivity index (χ0) is 14.7. The fourth-order valence-corrected chi connectivity index (χ4v) is 2.51. The van der Waals surface area contributed by atoms with Gasteiger partial charge < -0.3 is 21.7 Å². The number of amides is 1. The third kappa shape index (κ3) is 3.19. The van der Waals surface area contributed by atoms with Crippen molar-refractivity contribution in [3.8, 4) is 0 Å². The summed E-state index contributed by atoms with van der Waals surface area (Å²) in [5, 5.41) is 3.03. The first-order chi connectivity index (χ1) is 9.49. The Kier molecular flexibility index (Phi) is 4.44. The van der Waals surface area contributed by atoms with Crippen LogP contribution in [-0.4, -0.2) is 41.0 Å². The molecule has 20 heavy (non-hydrogen) atoms. The molecule has 0 unspecified atom stereocenters. The van der Waals surface area contributed by atoms with Gasteiger partial charge in [-0.3, -0.25) is 4.79 Å². The van der Waals surface area contributed by atoms with Crippen molar-refractivity contribution in [3.05, 3.63) is 17.8 Å². The van der Waals surface area contributed by atoms with Gasteiger partial charge in [-0.1, -0.05) is 0 Å². The molecule has 1 fully saturated rings. The van der Waals surface area contributed by atoms with Crippen molar-refractivity contribution in [1.29, 1.82) is 0 Å². The van der Waals surface area contributed by atoms with Crippen molar-refractivity contribution in [2.75, 3.05) is 24.6 Å². The number of piperidine rings is 1. The number of rotatable bonds is 3. The highest BCUT2D eigenvalue weighted by atomic mass is 16.1. The van der Waals surface area contributed by atoms with Gasteiger partial charge in [0.2, 0.25) is 0 Å². The molecular formula is C14H23N5O. The number of nitrogen functional groups attached to an aromatic ring is 2. The number of anilines is 2. The van der Waals surface area contributed by atoms with E-state index in [1.807, 2.05) is 0 Å². The molecule has 5 N–H and O–H groups in total. The summed E-state index contributed by atoms with van der Waals surface area (Å²) in [4.78, 5) is 18.5. The first-order valence-electron chi connectivity index (χ1n) is 7.04. The van der Waals surface area contributed by atoms with E-state index in [9.17, 15) is 4.79 Å². The minimum absolute atomic E-state index is 0.167. The number of nitrogens with one attached hydrogen (secondary N) is 1. The summed E-state index contributed by atoms with van der Waals surface area (Å²) in [5.41, 5.74) is 12.1. The molecule has 110 valence electrons. The second-order valence-corrected chi connectivity index (χ2v) is 5.53. The van der Waals surface area contributed by atoms with E-state index in [4.69, 9.17) is 11.5 Å². The molecule has 0 aromatic carbocycles. The van der Waals surface area contributed by atoms with Gasteiger partial charge in [0.15, 0.2) is 0 Å². The van der Waals surface area contributed by atoms with Crippen LogP contribution >= 0.6 is 0 Å². The lowest BCUT2D eigenvalue weighted by Gasteiger charge is -2.34. The Labute approximate surface area is 119 Å². The Bertz CT molecular complexity index is 480. The molecule has 6 heteroatoms. The number of carbonyl (C=O) groups excluding carboxylic acids is 1. The maximum Gasteiger partial charge on any atom is 0.253 e. The highest BCUT2D eigenvalue weighted by molar-refractivity contribution is 6.01. The molecule has 0 spiro atoms. The molecule has 1 amide bonds. The van der Waals surface area contributed by atoms with Crippen LogP contribution in [0, 0.1) is 0 Å². The number of hydrogen-bond acceptors (Lipinski definition) is 5. The fraction of sp³-hybridized carbons (Fsp3) is 0.571. The molecular weight excluding hydrogens is 254 g/mol. The van der Waals surface area contributed by atoms with E-state index in [-0.39, 0.29) is 23.5 Å². The predicted molar refractivity (Wildman–Crippen MR) is 80.3 cm³/mol. The summed E-state index contributed by atoms with van der Waals surface area (Å²) in [6, 6.07) is 2.36. The molecule has 0 aliphatic carbocycles. The van der Waals surface area contributed by atoms with Crippen molar-refractivity contribution in [1.82, 2.24) is 15.2 Å². The molecule has 1 saturated heterocycles. The van der Waals surface area contributed by atoms with Gasteiger partial charge in [-0.25, -0.2) is 4.98 Å². The van der Waals surface area contributed by atoms with E-state index < -0.39 is 0 Å². The molecule has 1 aliphatic heterocycles. The van der Waals surface area contributed by atoms with Crippen LogP contribution in [0.15, 0.2) is 12.3 Å². The molecule has 1 aromatic rings. The Balaban J connectivity index is 1.94. The number of nitrogens with zero attached hydrogens (tertiary/aromatic N) is 2. The summed E-state index contributed by atoms with van der Waals surface area (Å²) in [5.74, 6) is 0.0341. The minimum Gasteiger partial charge on any atom is -0.395 e. The molecule has 2 heterocycles. The lowest BCUT2D eigenvalue weighted by atomic mass is 10.0. The van der Waals surface area contributed by atoms with Gasteiger partial charge in [0.05, 0.1) is 11.3 Å². The Morgan fingerprint density at radius 1 is 1.40 bits per heavy atom. The second-order valence-electron chi connectivity index (χ2n) is 5.53. The van der Waals surface area contributed by atoms with Gasteiger partial charge in [0, 0.05) is 31.4 Å². The lowest BCUT2D eigenvalue weighted by molar-refractivity contribution is 0.0901. The monoisotopic (exact) mass is 277 g/mol. The molecule has 0 saturated carbocycles. The van der Waals surface area contributed by atoms with E-state index in [2.05, 4.69) is 29.0 Å². The number of nitrogens with two attached hydrogens (primary N) is 2. The zero-order valence-corrected chi connectivity index (χ0v) is 12.1. The first kappa shape index (κ1) is 14.6. The number of likely N-dealkylation sites (tertiary alicyclic amines) is 1. The minimum atomic E-state index is -0.167. The Morgan fingerprint density at radius 2 is 2.05 bits per heavy atom. The Hall–Kier alpha value is -1.82. The summed E-state index contributed by atoms with van der Waals surface area (Å²) >= 11 is 0. The maximum atomic E-state index is 12.2. The number of pyridine rings is 1. The van der Waals surface area contributed by atoms with Gasteiger partial charge in [0.1, 0.15) is 5.82 Å². The highest BCUT2D eigenvalue weighted by Gasteiger charge is 2.23. The van der Waals surface area contributed by atoms with Crippen molar-refractivity contribution < 1.29 is 4.79 Å². The molecule has 0 atom stereocenters. The molecule has 2 rings (SSSR count). The maximum absolute atomic E-state index is 12.2. The van der Waals surface area contributed by atoms with Crippen LogP contribution in [0.25, 0.3) is 0 Å². The van der Waals surface area contributed by atoms with E-state index in [0.717, 1.165) is 25.9 Å². The third-order valence-electron chi connectivity index (χ3n) is 3.86. The standard InChI is InChI=1S/C14H23N5O/c1-9(2)19-7-4-10(5-8-19)18-14(20)11-3-6-17-13(16)12(11)15/h3,6,9-10H,4-5,7-8,15H2,1-2H3,(H2,16,17)(H,18,20). The number of hydrogen-bond donors (Lipinski definition) is 3.